The molecule has 1 aliphatic carbocycles. The standard InChI is InChI=1S/C41H53NO2/c1-5-7-9-16-25-41(3,4)36-28-38(43-30-33-18-12-10-13-19-33)40(39(29-36)44-31-34-20-14-11-15-21-34)37-27-32(17-8-6-2)22-23-35(37)24-26-42/h10-15,18-21,28-29,32H,5-9,16-17,22-25,27,30-31H2,1-4H3. The predicted octanol–water partition coefficient (Wildman–Crippen LogP) is 11.8. The molecule has 3 heteroatoms. The maximum Gasteiger partial charge on any atom is 0.131 e. The zero-order chi connectivity index (χ0) is 31.2. The topological polar surface area (TPSA) is 42.2 Å². The number of rotatable bonds is 17. The van der Waals surface area contributed by atoms with Gasteiger partial charge in [-0.3, -0.25) is 0 Å². The molecule has 0 saturated carbocycles. The number of unbranched alkanes of at least 4 members (excludes halogenated alkanes) is 4. The minimum Gasteiger partial charge on any atom is -0.488 e. The Morgan fingerprint density at radius 3 is 1.93 bits per heavy atom. The summed E-state index contributed by atoms with van der Waals surface area (Å²) in [4.78, 5) is 0. The molecule has 0 aliphatic heterocycles. The molecule has 0 amide bonds. The van der Waals surface area contributed by atoms with Crippen molar-refractivity contribution in [3.8, 4) is 17.6 Å². The third-order valence-electron chi connectivity index (χ3n) is 9.31. The summed E-state index contributed by atoms with van der Waals surface area (Å²) in [7, 11) is 0. The average molecular weight is 592 g/mol. The number of benzene rings is 3. The summed E-state index contributed by atoms with van der Waals surface area (Å²) in [5.41, 5.74) is 7.11. The van der Waals surface area contributed by atoms with Gasteiger partial charge in [0.15, 0.2) is 0 Å². The highest BCUT2D eigenvalue weighted by atomic mass is 16.5. The van der Waals surface area contributed by atoms with E-state index in [0.29, 0.717) is 25.6 Å². The van der Waals surface area contributed by atoms with Crippen LogP contribution in [0.25, 0.3) is 5.57 Å². The van der Waals surface area contributed by atoms with Crippen LogP contribution in [0.3, 0.4) is 0 Å². The third-order valence-corrected chi connectivity index (χ3v) is 9.31. The van der Waals surface area contributed by atoms with Crippen molar-refractivity contribution >= 4 is 5.57 Å². The second-order valence-electron chi connectivity index (χ2n) is 13.3. The van der Waals surface area contributed by atoms with Crippen molar-refractivity contribution in [2.24, 2.45) is 5.92 Å². The molecule has 1 unspecified atom stereocenters. The Kier molecular flexibility index (Phi) is 13.0. The molecular formula is C41H53NO2. The van der Waals surface area contributed by atoms with E-state index in [1.54, 1.807) is 0 Å². The summed E-state index contributed by atoms with van der Waals surface area (Å²) in [6.07, 6.45) is 13.3. The van der Waals surface area contributed by atoms with Crippen molar-refractivity contribution in [1.29, 1.82) is 5.26 Å². The van der Waals surface area contributed by atoms with Gasteiger partial charge in [0, 0.05) is 0 Å². The normalized spacial score (nSPS) is 15.2. The largest absolute Gasteiger partial charge is 0.488 e. The number of hydrogen-bond acceptors (Lipinski definition) is 3. The second-order valence-corrected chi connectivity index (χ2v) is 13.3. The van der Waals surface area contributed by atoms with E-state index in [1.807, 2.05) is 12.1 Å². The van der Waals surface area contributed by atoms with E-state index < -0.39 is 0 Å². The highest BCUT2D eigenvalue weighted by Crippen LogP contribution is 2.48. The Hall–Kier alpha value is -3.51. The van der Waals surface area contributed by atoms with E-state index in [9.17, 15) is 5.26 Å². The van der Waals surface area contributed by atoms with Crippen LogP contribution in [-0.2, 0) is 18.6 Å². The molecule has 0 spiro atoms. The Balaban J connectivity index is 1.83. The molecule has 0 saturated heterocycles. The van der Waals surface area contributed by atoms with E-state index >= 15 is 0 Å². The first-order valence-electron chi connectivity index (χ1n) is 17.0. The lowest BCUT2D eigenvalue weighted by atomic mass is 9.75. The molecule has 0 heterocycles. The van der Waals surface area contributed by atoms with Crippen LogP contribution < -0.4 is 9.47 Å². The maximum atomic E-state index is 9.86. The quantitative estimate of drug-likeness (QED) is 0.147. The summed E-state index contributed by atoms with van der Waals surface area (Å²) in [6.45, 7) is 10.2. The van der Waals surface area contributed by atoms with Crippen LogP contribution in [0.15, 0.2) is 78.4 Å². The van der Waals surface area contributed by atoms with Gasteiger partial charge in [-0.05, 0) is 71.4 Å². The molecular weight excluding hydrogens is 538 g/mol. The fourth-order valence-electron chi connectivity index (χ4n) is 6.49. The van der Waals surface area contributed by atoms with Crippen LogP contribution in [0, 0.1) is 17.2 Å². The smallest absolute Gasteiger partial charge is 0.131 e. The fraction of sp³-hybridized carbons (Fsp3) is 0.488. The Labute approximate surface area is 267 Å². The highest BCUT2D eigenvalue weighted by molar-refractivity contribution is 5.79. The number of ether oxygens (including phenoxy) is 2. The highest BCUT2D eigenvalue weighted by Gasteiger charge is 2.30. The van der Waals surface area contributed by atoms with E-state index in [-0.39, 0.29) is 5.41 Å². The van der Waals surface area contributed by atoms with Crippen molar-refractivity contribution in [3.63, 3.8) is 0 Å². The molecule has 3 nitrogen and oxygen atoms in total. The van der Waals surface area contributed by atoms with Gasteiger partial charge >= 0.3 is 0 Å². The van der Waals surface area contributed by atoms with Crippen LogP contribution in [0.5, 0.6) is 11.5 Å². The monoisotopic (exact) mass is 591 g/mol. The van der Waals surface area contributed by atoms with Crippen LogP contribution in [0.2, 0.25) is 0 Å². The lowest BCUT2D eigenvalue weighted by Gasteiger charge is -2.31. The fourth-order valence-corrected chi connectivity index (χ4v) is 6.49. The Morgan fingerprint density at radius 2 is 1.39 bits per heavy atom. The summed E-state index contributed by atoms with van der Waals surface area (Å²) in [5.74, 6) is 2.39. The minimum atomic E-state index is -0.0257. The van der Waals surface area contributed by atoms with Gasteiger partial charge in [-0.1, -0.05) is 139 Å². The Morgan fingerprint density at radius 1 is 0.795 bits per heavy atom. The molecule has 0 bridgehead atoms. The first-order chi connectivity index (χ1) is 21.4. The van der Waals surface area contributed by atoms with E-state index in [1.165, 1.54) is 61.7 Å². The van der Waals surface area contributed by atoms with Crippen LogP contribution in [-0.4, -0.2) is 0 Å². The summed E-state index contributed by atoms with van der Waals surface area (Å²) in [5, 5.41) is 9.86. The van der Waals surface area contributed by atoms with E-state index in [2.05, 4.69) is 94.4 Å². The molecule has 44 heavy (non-hydrogen) atoms. The molecule has 0 radical (unpaired) electrons. The van der Waals surface area contributed by atoms with Gasteiger partial charge < -0.3 is 9.47 Å². The maximum absolute atomic E-state index is 9.86. The summed E-state index contributed by atoms with van der Waals surface area (Å²) < 4.78 is 13.6. The van der Waals surface area contributed by atoms with Crippen molar-refractivity contribution in [1.82, 2.24) is 0 Å². The van der Waals surface area contributed by atoms with Crippen molar-refractivity contribution in [2.75, 3.05) is 0 Å². The van der Waals surface area contributed by atoms with Gasteiger partial charge in [0.2, 0.25) is 0 Å². The molecule has 0 aromatic heterocycles. The molecule has 1 atom stereocenters. The van der Waals surface area contributed by atoms with Crippen LogP contribution in [0.4, 0.5) is 0 Å². The molecule has 0 N–H and O–H groups in total. The number of nitrogens with zero attached hydrogens (tertiary/aromatic N) is 1. The predicted molar refractivity (Wildman–Crippen MR) is 184 cm³/mol. The molecule has 3 aromatic carbocycles. The summed E-state index contributed by atoms with van der Waals surface area (Å²) in [6, 6.07) is 27.9. The first kappa shape index (κ1) is 33.4. The lowest BCUT2D eigenvalue weighted by molar-refractivity contribution is 0.285. The summed E-state index contributed by atoms with van der Waals surface area (Å²) >= 11 is 0. The first-order valence-corrected chi connectivity index (χ1v) is 17.0. The average Bonchev–Trinajstić information content (AvgIpc) is 3.05. The lowest BCUT2D eigenvalue weighted by Crippen LogP contribution is -2.19. The Bertz CT molecular complexity index is 1300. The van der Waals surface area contributed by atoms with Gasteiger partial charge in [0.25, 0.3) is 0 Å². The van der Waals surface area contributed by atoms with Crippen molar-refractivity contribution in [3.05, 3.63) is 101 Å². The number of hydrogen-bond donors (Lipinski definition) is 0. The van der Waals surface area contributed by atoms with Crippen LogP contribution >= 0.6 is 0 Å². The van der Waals surface area contributed by atoms with E-state index in [4.69, 9.17) is 9.47 Å². The van der Waals surface area contributed by atoms with Gasteiger partial charge in [-0.25, -0.2) is 0 Å². The van der Waals surface area contributed by atoms with Gasteiger partial charge in [-0.15, -0.1) is 0 Å². The third kappa shape index (κ3) is 9.49. The molecule has 234 valence electrons. The van der Waals surface area contributed by atoms with Gasteiger partial charge in [0.1, 0.15) is 24.7 Å². The molecule has 0 fully saturated rings. The molecule has 3 aromatic rings. The van der Waals surface area contributed by atoms with Crippen molar-refractivity contribution < 1.29 is 9.47 Å². The second kappa shape index (κ2) is 17.1. The zero-order valence-electron chi connectivity index (χ0n) is 27.7. The SMILES string of the molecule is CCCCCCC(C)(C)c1cc(OCc2ccccc2)c(C2=C(CC#N)CCC(CCCC)C2)c(OCc2ccccc2)c1. The number of allylic oxidation sites excluding steroid dienone is 2. The number of nitriles is 1. The van der Waals surface area contributed by atoms with Gasteiger partial charge in [0.05, 0.1) is 18.1 Å². The van der Waals surface area contributed by atoms with Gasteiger partial charge in [-0.2, -0.15) is 5.26 Å². The molecule has 4 rings (SSSR count). The molecule has 1 aliphatic rings. The zero-order valence-corrected chi connectivity index (χ0v) is 27.7. The van der Waals surface area contributed by atoms with E-state index in [0.717, 1.165) is 53.9 Å². The van der Waals surface area contributed by atoms with Crippen LogP contribution in [0.1, 0.15) is 127 Å². The minimum absolute atomic E-state index is 0.0257. The van der Waals surface area contributed by atoms with Crippen molar-refractivity contribution in [2.45, 2.75) is 123 Å².